The van der Waals surface area contributed by atoms with Crippen LogP contribution in [0.25, 0.3) is 0 Å². The number of carboxylic acid groups (broad SMARTS) is 1. The summed E-state index contributed by atoms with van der Waals surface area (Å²) >= 11 is 0. The van der Waals surface area contributed by atoms with Crippen LogP contribution < -0.4 is 0 Å². The second kappa shape index (κ2) is 5.48. The van der Waals surface area contributed by atoms with Gasteiger partial charge in [0.25, 0.3) is 0 Å². The molecule has 1 aliphatic heterocycles. The quantitative estimate of drug-likeness (QED) is 0.815. The summed E-state index contributed by atoms with van der Waals surface area (Å²) < 4.78 is 22.9. The van der Waals surface area contributed by atoms with E-state index in [1.54, 1.807) is 25.7 Å². The van der Waals surface area contributed by atoms with Gasteiger partial charge in [0, 0.05) is 19.0 Å². The second-order valence-electron chi connectivity index (χ2n) is 5.96. The minimum Gasteiger partial charge on any atom is -0.481 e. The fourth-order valence-electron chi connectivity index (χ4n) is 2.35. The molecule has 1 amide bonds. The molecule has 1 fully saturated rings. The highest BCUT2D eigenvalue weighted by molar-refractivity contribution is 7.91. The molecule has 1 unspecified atom stereocenters. The Balaban J connectivity index is 2.66. The van der Waals surface area contributed by atoms with Gasteiger partial charge in [-0.2, -0.15) is 0 Å². The Hall–Kier alpha value is -1.11. The molecule has 0 radical (unpaired) electrons. The number of hydrogen-bond acceptors (Lipinski definition) is 4. The lowest BCUT2D eigenvalue weighted by molar-refractivity contribution is -0.141. The van der Waals surface area contributed by atoms with Crippen LogP contribution >= 0.6 is 0 Å². The van der Waals surface area contributed by atoms with Crippen LogP contribution in [-0.4, -0.2) is 54.4 Å². The van der Waals surface area contributed by atoms with Crippen LogP contribution in [0.1, 0.15) is 33.6 Å². The van der Waals surface area contributed by atoms with Crippen molar-refractivity contribution in [3.63, 3.8) is 0 Å². The molecular weight excluding hydrogens is 270 g/mol. The summed E-state index contributed by atoms with van der Waals surface area (Å²) in [6.07, 6.45) is 0.0307. The molecular formula is C12H21NO5S. The Kier molecular flexibility index (Phi) is 4.60. The van der Waals surface area contributed by atoms with Crippen molar-refractivity contribution in [2.45, 2.75) is 39.7 Å². The maximum absolute atomic E-state index is 12.2. The van der Waals surface area contributed by atoms with Crippen molar-refractivity contribution in [2.24, 2.45) is 5.41 Å². The van der Waals surface area contributed by atoms with Gasteiger partial charge in [-0.3, -0.25) is 9.59 Å². The number of amides is 1. The van der Waals surface area contributed by atoms with Gasteiger partial charge in [0.15, 0.2) is 9.84 Å². The van der Waals surface area contributed by atoms with Crippen LogP contribution in [0, 0.1) is 5.41 Å². The third kappa shape index (κ3) is 4.81. The monoisotopic (exact) mass is 291 g/mol. The predicted octanol–water partition coefficient (Wildman–Crippen LogP) is 0.523. The zero-order valence-corrected chi connectivity index (χ0v) is 12.4. The first-order chi connectivity index (χ1) is 8.52. The van der Waals surface area contributed by atoms with Gasteiger partial charge in [-0.1, -0.05) is 13.8 Å². The molecule has 0 aromatic carbocycles. The van der Waals surface area contributed by atoms with Gasteiger partial charge < -0.3 is 10.0 Å². The van der Waals surface area contributed by atoms with Crippen molar-refractivity contribution in [2.75, 3.05) is 18.1 Å². The summed E-state index contributed by atoms with van der Waals surface area (Å²) in [6, 6.07) is -0.341. The summed E-state index contributed by atoms with van der Waals surface area (Å²) in [5.41, 5.74) is -0.626. The minimum atomic E-state index is -3.05. The molecule has 1 aliphatic rings. The van der Waals surface area contributed by atoms with E-state index < -0.39 is 21.2 Å². The molecule has 0 aliphatic carbocycles. The highest BCUT2D eigenvalue weighted by Gasteiger charge is 2.34. The molecule has 1 atom stereocenters. The van der Waals surface area contributed by atoms with Crippen molar-refractivity contribution in [1.29, 1.82) is 0 Å². The Morgan fingerprint density at radius 3 is 2.37 bits per heavy atom. The van der Waals surface area contributed by atoms with Crippen LogP contribution in [0.5, 0.6) is 0 Å². The van der Waals surface area contributed by atoms with Crippen LogP contribution in [-0.2, 0) is 19.4 Å². The normalized spacial score (nSPS) is 23.1. The van der Waals surface area contributed by atoms with Gasteiger partial charge >= 0.3 is 5.97 Å². The molecule has 1 heterocycles. The molecule has 0 spiro atoms. The lowest BCUT2D eigenvalue weighted by Gasteiger charge is -2.35. The largest absolute Gasteiger partial charge is 0.481 e. The predicted molar refractivity (Wildman–Crippen MR) is 70.5 cm³/mol. The van der Waals surface area contributed by atoms with E-state index in [2.05, 4.69) is 0 Å². The number of aliphatic carboxylic acids is 1. The number of hydrogen-bond donors (Lipinski definition) is 1. The maximum Gasteiger partial charge on any atom is 0.303 e. The van der Waals surface area contributed by atoms with E-state index in [0.29, 0.717) is 0 Å². The van der Waals surface area contributed by atoms with Crippen molar-refractivity contribution in [3.8, 4) is 0 Å². The Bertz CT molecular complexity index is 469. The molecule has 1 saturated heterocycles. The highest BCUT2D eigenvalue weighted by Crippen LogP contribution is 2.27. The molecule has 0 aromatic rings. The average Bonchev–Trinajstić information content (AvgIpc) is 2.11. The number of rotatable bonds is 4. The van der Waals surface area contributed by atoms with Gasteiger partial charge in [0.2, 0.25) is 5.91 Å². The van der Waals surface area contributed by atoms with Crippen molar-refractivity contribution < 1.29 is 23.1 Å². The molecule has 7 heteroatoms. The third-order valence-corrected chi connectivity index (χ3v) is 5.05. The van der Waals surface area contributed by atoms with Gasteiger partial charge in [-0.15, -0.1) is 0 Å². The maximum atomic E-state index is 12.2. The number of sulfone groups is 1. The summed E-state index contributed by atoms with van der Waals surface area (Å²) in [7, 11) is -3.05. The number of carbonyl (C=O) groups excluding carboxylic acids is 1. The molecule has 19 heavy (non-hydrogen) atoms. The number of carboxylic acids is 1. The Morgan fingerprint density at radius 1 is 1.32 bits per heavy atom. The van der Waals surface area contributed by atoms with Crippen LogP contribution in [0.4, 0.5) is 0 Å². The number of nitrogens with zero attached hydrogens (tertiary/aromatic N) is 1. The van der Waals surface area contributed by atoms with Crippen molar-refractivity contribution in [1.82, 2.24) is 4.90 Å². The average molecular weight is 291 g/mol. The van der Waals surface area contributed by atoms with E-state index in [0.717, 1.165) is 0 Å². The summed E-state index contributed by atoms with van der Waals surface area (Å²) in [6.45, 7) is 5.36. The smallest absolute Gasteiger partial charge is 0.303 e. The topological polar surface area (TPSA) is 91.8 Å². The van der Waals surface area contributed by atoms with Crippen LogP contribution in [0.2, 0.25) is 0 Å². The molecule has 1 rings (SSSR count). The number of carbonyl (C=O) groups is 2. The SMILES string of the molecule is CC1CS(=O)(=O)CCN1C(=O)CC(C)(C)CC(=O)O. The molecule has 1 N–H and O–H groups in total. The lowest BCUT2D eigenvalue weighted by Crippen LogP contribution is -2.50. The van der Waals surface area contributed by atoms with Gasteiger partial charge in [-0.05, 0) is 12.3 Å². The van der Waals surface area contributed by atoms with Gasteiger partial charge in [0.05, 0.1) is 17.9 Å². The zero-order valence-electron chi connectivity index (χ0n) is 11.5. The first-order valence-corrected chi connectivity index (χ1v) is 8.06. The highest BCUT2D eigenvalue weighted by atomic mass is 32.2. The molecule has 0 aromatic heterocycles. The summed E-state index contributed by atoms with van der Waals surface area (Å²) in [4.78, 5) is 24.4. The van der Waals surface area contributed by atoms with E-state index >= 15 is 0 Å². The van der Waals surface area contributed by atoms with E-state index in [1.807, 2.05) is 0 Å². The summed E-state index contributed by atoms with van der Waals surface area (Å²) in [5.74, 6) is -1.14. The second-order valence-corrected chi connectivity index (χ2v) is 8.19. The summed E-state index contributed by atoms with van der Waals surface area (Å²) in [5, 5.41) is 8.79. The molecule has 0 bridgehead atoms. The lowest BCUT2D eigenvalue weighted by atomic mass is 9.85. The van der Waals surface area contributed by atoms with E-state index in [4.69, 9.17) is 5.11 Å². The Morgan fingerprint density at radius 2 is 1.89 bits per heavy atom. The van der Waals surface area contributed by atoms with Crippen LogP contribution in [0.15, 0.2) is 0 Å². The van der Waals surface area contributed by atoms with E-state index in [1.165, 1.54) is 0 Å². The van der Waals surface area contributed by atoms with Gasteiger partial charge in [-0.25, -0.2) is 8.42 Å². The fourth-order valence-corrected chi connectivity index (χ4v) is 3.91. The van der Waals surface area contributed by atoms with Crippen molar-refractivity contribution in [3.05, 3.63) is 0 Å². The molecule has 0 saturated carbocycles. The molecule has 6 nitrogen and oxygen atoms in total. The standard InChI is InChI=1S/C12H21NO5S/c1-9-8-19(17,18)5-4-13(9)10(14)6-12(2,3)7-11(15)16/h9H,4-8H2,1-3H3,(H,15,16). The zero-order chi connectivity index (χ0) is 14.8. The van der Waals surface area contributed by atoms with Crippen molar-refractivity contribution >= 4 is 21.7 Å². The Labute approximate surface area is 113 Å². The minimum absolute atomic E-state index is 0.0115. The first-order valence-electron chi connectivity index (χ1n) is 6.24. The van der Waals surface area contributed by atoms with E-state index in [9.17, 15) is 18.0 Å². The van der Waals surface area contributed by atoms with Crippen LogP contribution in [0.3, 0.4) is 0 Å². The fraction of sp³-hybridized carbons (Fsp3) is 0.833. The van der Waals surface area contributed by atoms with Gasteiger partial charge in [0.1, 0.15) is 0 Å². The third-order valence-electron chi connectivity index (χ3n) is 3.25. The van der Waals surface area contributed by atoms with E-state index in [-0.39, 0.29) is 42.8 Å². The first kappa shape index (κ1) is 15.9. The molecule has 110 valence electrons.